The number of aryl methyl sites for hydroxylation is 2. The zero-order chi connectivity index (χ0) is 19.9. The zero-order valence-electron chi connectivity index (χ0n) is 17.3. The highest BCUT2D eigenvalue weighted by atomic mass is 16.5. The lowest BCUT2D eigenvalue weighted by Gasteiger charge is -2.29. The van der Waals surface area contributed by atoms with E-state index < -0.39 is 0 Å². The van der Waals surface area contributed by atoms with Crippen LogP contribution in [0.25, 0.3) is 0 Å². The van der Waals surface area contributed by atoms with Crippen LogP contribution in [0.15, 0.2) is 42.5 Å². The molecule has 0 aliphatic carbocycles. The highest BCUT2D eigenvalue weighted by Crippen LogP contribution is 2.17. The number of rotatable bonds is 7. The molecule has 0 radical (unpaired) electrons. The molecule has 2 aromatic rings. The Morgan fingerprint density at radius 2 is 1.71 bits per heavy atom. The Hall–Kier alpha value is -2.37. The van der Waals surface area contributed by atoms with Gasteiger partial charge in [0.15, 0.2) is 6.54 Å². The van der Waals surface area contributed by atoms with Crippen LogP contribution < -0.4 is 19.9 Å². The zero-order valence-corrected chi connectivity index (χ0v) is 17.3. The van der Waals surface area contributed by atoms with Gasteiger partial charge in [-0.15, -0.1) is 0 Å². The average molecular weight is 384 g/mol. The normalized spacial score (nSPS) is 19.2. The summed E-state index contributed by atoms with van der Waals surface area (Å²) in [5, 5.41) is 3.08. The van der Waals surface area contributed by atoms with Gasteiger partial charge in [-0.1, -0.05) is 24.3 Å². The first-order valence-electron chi connectivity index (χ1n) is 10.2. The Morgan fingerprint density at radius 1 is 1.00 bits per heavy atom. The summed E-state index contributed by atoms with van der Waals surface area (Å²) >= 11 is 0. The summed E-state index contributed by atoms with van der Waals surface area (Å²) in [5.74, 6) is 1.06. The van der Waals surface area contributed by atoms with Gasteiger partial charge in [0.1, 0.15) is 45.1 Å². The van der Waals surface area contributed by atoms with E-state index in [1.807, 2.05) is 24.3 Å². The molecule has 1 amide bonds. The van der Waals surface area contributed by atoms with Gasteiger partial charge in [0.05, 0.1) is 0 Å². The Kier molecular flexibility index (Phi) is 7.06. The van der Waals surface area contributed by atoms with Crippen molar-refractivity contribution in [3.63, 3.8) is 0 Å². The van der Waals surface area contributed by atoms with Crippen LogP contribution in [0.1, 0.15) is 16.7 Å². The van der Waals surface area contributed by atoms with Crippen LogP contribution in [0.3, 0.4) is 0 Å². The maximum absolute atomic E-state index is 12.4. The number of ether oxygens (including phenoxy) is 1. The molecule has 1 aliphatic rings. The van der Waals surface area contributed by atoms with E-state index in [-0.39, 0.29) is 5.91 Å². The molecule has 0 unspecified atom stereocenters. The highest BCUT2D eigenvalue weighted by Gasteiger charge is 2.24. The lowest BCUT2D eigenvalue weighted by atomic mass is 10.1. The van der Waals surface area contributed by atoms with E-state index in [9.17, 15) is 4.79 Å². The van der Waals surface area contributed by atoms with Crippen molar-refractivity contribution in [2.45, 2.75) is 20.8 Å². The van der Waals surface area contributed by atoms with Crippen molar-refractivity contribution in [2.75, 3.05) is 51.2 Å². The first-order chi connectivity index (χ1) is 13.5. The van der Waals surface area contributed by atoms with E-state index in [0.717, 1.165) is 56.3 Å². The van der Waals surface area contributed by atoms with Gasteiger partial charge in [-0.2, -0.15) is 0 Å². The predicted molar refractivity (Wildman–Crippen MR) is 112 cm³/mol. The summed E-state index contributed by atoms with van der Waals surface area (Å²) in [6.45, 7) is 12.7. The van der Waals surface area contributed by atoms with E-state index in [4.69, 9.17) is 4.74 Å². The maximum Gasteiger partial charge on any atom is 0.279 e. The number of hydrogen-bond acceptors (Lipinski definition) is 2. The fraction of sp³-hybridized carbons (Fsp3) is 0.435. The largest absolute Gasteiger partial charge is 0.488 e. The molecule has 5 nitrogen and oxygen atoms in total. The number of amides is 1. The summed E-state index contributed by atoms with van der Waals surface area (Å²) in [6.07, 6.45) is 0. The molecule has 0 atom stereocenters. The summed E-state index contributed by atoms with van der Waals surface area (Å²) in [7, 11) is 0. The lowest BCUT2D eigenvalue weighted by molar-refractivity contribution is -1.01. The Morgan fingerprint density at radius 3 is 2.46 bits per heavy atom. The molecule has 1 saturated heterocycles. The number of hydrogen-bond donors (Lipinski definition) is 3. The van der Waals surface area contributed by atoms with Crippen molar-refractivity contribution in [3.8, 4) is 5.75 Å². The van der Waals surface area contributed by atoms with E-state index in [0.29, 0.717) is 6.54 Å². The lowest BCUT2D eigenvalue weighted by Crippen LogP contribution is -3.28. The van der Waals surface area contributed by atoms with Crippen LogP contribution in [-0.2, 0) is 4.79 Å². The molecule has 0 bridgehead atoms. The minimum Gasteiger partial charge on any atom is -0.488 e. The van der Waals surface area contributed by atoms with E-state index in [1.54, 1.807) is 4.90 Å². The van der Waals surface area contributed by atoms with Crippen LogP contribution in [0.2, 0.25) is 0 Å². The van der Waals surface area contributed by atoms with Crippen LogP contribution in [-0.4, -0.2) is 51.8 Å². The van der Waals surface area contributed by atoms with Crippen molar-refractivity contribution in [2.24, 2.45) is 0 Å². The second kappa shape index (κ2) is 9.71. The van der Waals surface area contributed by atoms with Crippen molar-refractivity contribution >= 4 is 11.6 Å². The smallest absolute Gasteiger partial charge is 0.279 e. The molecule has 1 heterocycles. The molecule has 5 heteroatoms. The molecule has 0 saturated carbocycles. The minimum atomic E-state index is 0.106. The molecule has 3 N–H and O–H groups in total. The first kappa shape index (κ1) is 20.4. The number of piperazine rings is 1. The Bertz CT molecular complexity index is 798. The summed E-state index contributed by atoms with van der Waals surface area (Å²) < 4.78 is 5.88. The van der Waals surface area contributed by atoms with Crippen molar-refractivity contribution in [1.82, 2.24) is 0 Å². The quantitative estimate of drug-likeness (QED) is 0.649. The van der Waals surface area contributed by atoms with Crippen LogP contribution >= 0.6 is 0 Å². The molecule has 1 fully saturated rings. The van der Waals surface area contributed by atoms with E-state index in [2.05, 4.69) is 44.3 Å². The highest BCUT2D eigenvalue weighted by molar-refractivity contribution is 5.92. The average Bonchev–Trinajstić information content (AvgIpc) is 2.67. The van der Waals surface area contributed by atoms with Crippen molar-refractivity contribution < 1.29 is 19.3 Å². The van der Waals surface area contributed by atoms with Gasteiger partial charge < -0.3 is 19.9 Å². The third-order valence-corrected chi connectivity index (χ3v) is 5.67. The number of nitrogens with one attached hydrogen (secondary N) is 3. The van der Waals surface area contributed by atoms with Gasteiger partial charge >= 0.3 is 0 Å². The molecule has 1 aliphatic heterocycles. The fourth-order valence-corrected chi connectivity index (χ4v) is 3.71. The Labute approximate surface area is 168 Å². The topological polar surface area (TPSA) is 47.2 Å². The number of benzene rings is 2. The molecule has 28 heavy (non-hydrogen) atoms. The Balaban J connectivity index is 1.36. The summed E-state index contributed by atoms with van der Waals surface area (Å²) in [5.41, 5.74) is 4.51. The molecule has 0 aromatic heterocycles. The first-order valence-corrected chi connectivity index (χ1v) is 10.2. The van der Waals surface area contributed by atoms with Crippen molar-refractivity contribution in [1.29, 1.82) is 0 Å². The van der Waals surface area contributed by atoms with Gasteiger partial charge in [0.2, 0.25) is 0 Å². The van der Waals surface area contributed by atoms with Crippen molar-refractivity contribution in [3.05, 3.63) is 59.2 Å². The molecular formula is C23H33N3O2+2. The predicted octanol–water partition coefficient (Wildman–Crippen LogP) is 0.413. The van der Waals surface area contributed by atoms with Gasteiger partial charge in [0, 0.05) is 5.69 Å². The summed E-state index contributed by atoms with van der Waals surface area (Å²) in [4.78, 5) is 15.4. The van der Waals surface area contributed by atoms with E-state index in [1.165, 1.54) is 16.0 Å². The van der Waals surface area contributed by atoms with Gasteiger partial charge in [-0.25, -0.2) is 0 Å². The molecule has 2 aromatic carbocycles. The van der Waals surface area contributed by atoms with Gasteiger partial charge in [-0.05, 0) is 55.7 Å². The monoisotopic (exact) mass is 383 g/mol. The minimum absolute atomic E-state index is 0.106. The number of quaternary nitrogens is 2. The number of carbonyl (C=O) groups excluding carboxylic acids is 1. The van der Waals surface area contributed by atoms with Gasteiger partial charge in [-0.3, -0.25) is 4.79 Å². The molecule has 3 rings (SSSR count). The van der Waals surface area contributed by atoms with Gasteiger partial charge in [0.25, 0.3) is 5.91 Å². The summed E-state index contributed by atoms with van der Waals surface area (Å²) in [6, 6.07) is 14.2. The third kappa shape index (κ3) is 5.81. The second-order valence-electron chi connectivity index (χ2n) is 7.89. The molecule has 0 spiro atoms. The molecular weight excluding hydrogens is 350 g/mol. The number of anilines is 1. The van der Waals surface area contributed by atoms with Crippen LogP contribution in [0.4, 0.5) is 5.69 Å². The van der Waals surface area contributed by atoms with Crippen LogP contribution in [0.5, 0.6) is 5.75 Å². The molecule has 150 valence electrons. The third-order valence-electron chi connectivity index (χ3n) is 5.67. The second-order valence-corrected chi connectivity index (χ2v) is 7.89. The number of carbonyl (C=O) groups is 1. The SMILES string of the molecule is Cc1cccc(OCC[NH+]2CC[NH+](CC(=O)Nc3cccc(C)c3C)CC2)c1. The van der Waals surface area contributed by atoms with E-state index >= 15 is 0 Å². The van der Waals surface area contributed by atoms with Crippen LogP contribution in [0, 0.1) is 20.8 Å². The fourth-order valence-electron chi connectivity index (χ4n) is 3.71. The maximum atomic E-state index is 12.4. The standard InChI is InChI=1S/C23H31N3O2/c1-18-6-4-8-21(16-18)28-15-14-25-10-12-26(13-11-25)17-23(27)24-22-9-5-7-19(2)20(22)3/h4-9,16H,10-15,17H2,1-3H3,(H,24,27)/p+2.